The number of benzene rings is 2. The third kappa shape index (κ3) is 5.40. The minimum Gasteiger partial charge on any atom is -0.488 e. The van der Waals surface area contributed by atoms with Crippen LogP contribution in [-0.4, -0.2) is 24.6 Å². The van der Waals surface area contributed by atoms with E-state index in [2.05, 4.69) is 5.32 Å². The van der Waals surface area contributed by atoms with Crippen molar-refractivity contribution < 1.29 is 35.9 Å². The molecule has 9 heteroatoms. The molecule has 0 heterocycles. The molecule has 0 fully saturated rings. The second kappa shape index (κ2) is 8.12. The number of hydrogen-bond acceptors (Lipinski definition) is 2. The molecule has 2 rings (SSSR count). The molecule has 1 unspecified atom stereocenters. The van der Waals surface area contributed by atoms with Crippen molar-refractivity contribution in [3.63, 3.8) is 0 Å². The molecular weight excluding hydrogens is 388 g/mol. The smallest absolute Gasteiger partial charge is 0.416 e. The second-order valence-electron chi connectivity index (χ2n) is 6.40. The van der Waals surface area contributed by atoms with Crippen LogP contribution >= 0.6 is 0 Å². The van der Waals surface area contributed by atoms with E-state index in [4.69, 9.17) is 4.74 Å². The number of alkyl halides is 6. The zero-order valence-electron chi connectivity index (χ0n) is 14.9. The number of carbonyl (C=O) groups excluding carboxylic acids is 1. The van der Waals surface area contributed by atoms with E-state index in [0.717, 1.165) is 11.6 Å². The van der Waals surface area contributed by atoms with Crippen molar-refractivity contribution in [2.24, 2.45) is 0 Å². The molecule has 0 radical (unpaired) electrons. The van der Waals surface area contributed by atoms with Crippen molar-refractivity contribution in [2.75, 3.05) is 11.9 Å². The van der Waals surface area contributed by atoms with E-state index in [0.29, 0.717) is 19.1 Å². The molecule has 1 N–H and O–H groups in total. The third-order valence-electron chi connectivity index (χ3n) is 3.80. The normalized spacial score (nSPS) is 13.9. The minimum absolute atomic E-state index is 0.172. The van der Waals surface area contributed by atoms with Crippen LogP contribution < -0.4 is 10.1 Å². The van der Waals surface area contributed by atoms with Crippen LogP contribution in [0.4, 0.5) is 32.0 Å². The summed E-state index contributed by atoms with van der Waals surface area (Å²) in [6, 6.07) is 8.37. The van der Waals surface area contributed by atoms with Crippen LogP contribution in [-0.2, 0) is 6.18 Å². The molecule has 0 aliphatic carbocycles. The maximum absolute atomic E-state index is 13.7. The van der Waals surface area contributed by atoms with Crippen LogP contribution in [0.2, 0.25) is 0 Å². The van der Waals surface area contributed by atoms with Gasteiger partial charge in [-0.2, -0.15) is 13.2 Å². The molecule has 2 aromatic carbocycles. The zero-order chi connectivity index (χ0) is 21.1. The van der Waals surface area contributed by atoms with Gasteiger partial charge in [-0.05, 0) is 44.2 Å². The van der Waals surface area contributed by atoms with Gasteiger partial charge in [0.15, 0.2) is 0 Å². The molecule has 0 spiro atoms. The average Bonchev–Trinajstić information content (AvgIpc) is 2.59. The highest BCUT2D eigenvalue weighted by molar-refractivity contribution is 6.05. The standard InChI is InChI=1S/C19H17F6NO2/c1-11-4-3-5-12(8-11)16(27)26-14-9-13(19(23,24)25)6-7-15(14)28-10-18(2,22)17(20)21/h3-9,17H,10H2,1-2H3,(H,26,27). The van der Waals surface area contributed by atoms with Crippen LogP contribution in [0.3, 0.4) is 0 Å². The van der Waals surface area contributed by atoms with E-state index >= 15 is 0 Å². The van der Waals surface area contributed by atoms with Crippen LogP contribution in [0.15, 0.2) is 42.5 Å². The molecular formula is C19H17F6NO2. The molecule has 0 aromatic heterocycles. The van der Waals surface area contributed by atoms with Crippen molar-refractivity contribution in [2.45, 2.75) is 32.1 Å². The Hall–Kier alpha value is -2.71. The Kier molecular flexibility index (Phi) is 6.26. The fraction of sp³-hybridized carbons (Fsp3) is 0.316. The molecule has 0 bridgehead atoms. The fourth-order valence-corrected chi connectivity index (χ4v) is 2.19. The molecule has 1 amide bonds. The fourth-order valence-electron chi connectivity index (χ4n) is 2.19. The zero-order valence-corrected chi connectivity index (χ0v) is 14.9. The minimum atomic E-state index is -4.71. The Morgan fingerprint density at radius 2 is 1.79 bits per heavy atom. The monoisotopic (exact) mass is 405 g/mol. The lowest BCUT2D eigenvalue weighted by Crippen LogP contribution is -2.35. The van der Waals surface area contributed by atoms with E-state index in [1.807, 2.05) is 0 Å². The van der Waals surface area contributed by atoms with Gasteiger partial charge >= 0.3 is 6.18 Å². The molecule has 2 aromatic rings. The van der Waals surface area contributed by atoms with E-state index in [-0.39, 0.29) is 11.3 Å². The topological polar surface area (TPSA) is 38.3 Å². The van der Waals surface area contributed by atoms with Gasteiger partial charge in [-0.3, -0.25) is 4.79 Å². The number of anilines is 1. The van der Waals surface area contributed by atoms with Crippen molar-refractivity contribution in [1.29, 1.82) is 0 Å². The summed E-state index contributed by atoms with van der Waals surface area (Å²) >= 11 is 0. The van der Waals surface area contributed by atoms with Gasteiger partial charge in [0.25, 0.3) is 12.3 Å². The van der Waals surface area contributed by atoms with Gasteiger partial charge in [0.2, 0.25) is 5.67 Å². The van der Waals surface area contributed by atoms with Gasteiger partial charge in [-0.25, -0.2) is 13.2 Å². The summed E-state index contributed by atoms with van der Waals surface area (Å²) in [7, 11) is 0. The number of halogens is 6. The van der Waals surface area contributed by atoms with E-state index in [9.17, 15) is 31.1 Å². The molecule has 0 saturated heterocycles. The third-order valence-corrected chi connectivity index (χ3v) is 3.80. The van der Waals surface area contributed by atoms with Gasteiger partial charge < -0.3 is 10.1 Å². The number of hydrogen-bond donors (Lipinski definition) is 1. The molecule has 152 valence electrons. The average molecular weight is 405 g/mol. The first-order chi connectivity index (χ1) is 12.9. The number of carbonyl (C=O) groups is 1. The summed E-state index contributed by atoms with van der Waals surface area (Å²) in [6.07, 6.45) is -8.06. The summed E-state index contributed by atoms with van der Waals surface area (Å²) in [4.78, 5) is 12.3. The molecule has 0 aliphatic heterocycles. The Bertz CT molecular complexity index is 849. The molecule has 0 saturated carbocycles. The van der Waals surface area contributed by atoms with Gasteiger partial charge in [0.1, 0.15) is 12.4 Å². The summed E-state index contributed by atoms with van der Waals surface area (Å²) < 4.78 is 82.9. The Labute approximate surface area is 157 Å². The first-order valence-electron chi connectivity index (χ1n) is 8.09. The highest BCUT2D eigenvalue weighted by Crippen LogP contribution is 2.36. The van der Waals surface area contributed by atoms with Gasteiger partial charge in [-0.15, -0.1) is 0 Å². The van der Waals surface area contributed by atoms with Crippen LogP contribution in [0.1, 0.15) is 28.4 Å². The van der Waals surface area contributed by atoms with Crippen LogP contribution in [0.25, 0.3) is 0 Å². The second-order valence-corrected chi connectivity index (χ2v) is 6.40. The molecule has 28 heavy (non-hydrogen) atoms. The molecule has 3 nitrogen and oxygen atoms in total. The van der Waals surface area contributed by atoms with Gasteiger partial charge in [-0.1, -0.05) is 17.7 Å². The highest BCUT2D eigenvalue weighted by atomic mass is 19.4. The summed E-state index contributed by atoms with van der Waals surface area (Å²) in [5.74, 6) is -1.09. The largest absolute Gasteiger partial charge is 0.488 e. The maximum atomic E-state index is 13.7. The lowest BCUT2D eigenvalue weighted by atomic mass is 10.1. The number of rotatable bonds is 6. The van der Waals surface area contributed by atoms with E-state index in [1.165, 1.54) is 12.1 Å². The SMILES string of the molecule is Cc1cccc(C(=O)Nc2cc(C(F)(F)F)ccc2OCC(C)(F)C(F)F)c1. The van der Waals surface area contributed by atoms with Crippen LogP contribution in [0.5, 0.6) is 5.75 Å². The van der Waals surface area contributed by atoms with Crippen molar-refractivity contribution in [3.05, 3.63) is 59.2 Å². The van der Waals surface area contributed by atoms with Gasteiger partial charge in [0, 0.05) is 5.56 Å². The maximum Gasteiger partial charge on any atom is 0.416 e. The highest BCUT2D eigenvalue weighted by Gasteiger charge is 2.37. The summed E-state index contributed by atoms with van der Waals surface area (Å²) in [6.45, 7) is 1.22. The van der Waals surface area contributed by atoms with E-state index < -0.39 is 42.0 Å². The summed E-state index contributed by atoms with van der Waals surface area (Å²) in [5.41, 5.74) is -3.59. The van der Waals surface area contributed by atoms with Crippen molar-refractivity contribution in [1.82, 2.24) is 0 Å². The molecule has 1 atom stereocenters. The Morgan fingerprint density at radius 3 is 2.36 bits per heavy atom. The van der Waals surface area contributed by atoms with Crippen LogP contribution in [0, 0.1) is 6.92 Å². The summed E-state index contributed by atoms with van der Waals surface area (Å²) in [5, 5.41) is 2.26. The Morgan fingerprint density at radius 1 is 1.11 bits per heavy atom. The predicted molar refractivity (Wildman–Crippen MR) is 91.6 cm³/mol. The molecule has 0 aliphatic rings. The number of amides is 1. The van der Waals surface area contributed by atoms with E-state index in [1.54, 1.807) is 19.1 Å². The van der Waals surface area contributed by atoms with Crippen molar-refractivity contribution >= 4 is 11.6 Å². The van der Waals surface area contributed by atoms with Gasteiger partial charge in [0.05, 0.1) is 11.3 Å². The quantitative estimate of drug-likeness (QED) is 0.632. The Balaban J connectivity index is 2.33. The number of nitrogens with one attached hydrogen (secondary N) is 1. The lowest BCUT2D eigenvalue weighted by molar-refractivity contribution is -0.137. The lowest BCUT2D eigenvalue weighted by Gasteiger charge is -2.21. The number of aryl methyl sites for hydroxylation is 1. The number of ether oxygens (including phenoxy) is 1. The van der Waals surface area contributed by atoms with Crippen molar-refractivity contribution in [3.8, 4) is 5.75 Å². The first-order valence-corrected chi connectivity index (χ1v) is 8.09. The predicted octanol–water partition coefficient (Wildman–Crippen LogP) is 5.64. The first kappa shape index (κ1) is 21.6.